The van der Waals surface area contributed by atoms with Gasteiger partial charge in [0.15, 0.2) is 0 Å². The Morgan fingerprint density at radius 3 is 2.41 bits per heavy atom. The molecule has 2 rings (SSSR count). The molecular weight excluding hydrogens is 294 g/mol. The molecule has 7 heteroatoms. The molecule has 1 heterocycles. The van der Waals surface area contributed by atoms with Gasteiger partial charge < -0.3 is 9.64 Å². The molecule has 0 unspecified atom stereocenters. The summed E-state index contributed by atoms with van der Waals surface area (Å²) in [6.45, 7) is 4.35. The fourth-order valence-electron chi connectivity index (χ4n) is 2.13. The number of carbonyl (C=O) groups excluding carboxylic acids is 2. The van der Waals surface area contributed by atoms with Gasteiger partial charge in [-0.2, -0.15) is 0 Å². The third-order valence-electron chi connectivity index (χ3n) is 3.18. The van der Waals surface area contributed by atoms with Gasteiger partial charge in [0.1, 0.15) is 18.2 Å². The van der Waals surface area contributed by atoms with Crippen molar-refractivity contribution in [1.82, 2.24) is 4.90 Å². The number of piperazine rings is 1. The maximum Gasteiger partial charge on any atom is 0.410 e. The summed E-state index contributed by atoms with van der Waals surface area (Å²) >= 11 is 0. The fraction of sp³-hybridized carbons (Fsp3) is 0.467. The van der Waals surface area contributed by atoms with Crippen LogP contribution >= 0.6 is 0 Å². The summed E-state index contributed by atoms with van der Waals surface area (Å²) in [7, 11) is 0. The summed E-state index contributed by atoms with van der Waals surface area (Å²) in [5.74, 6) is -1.70. The molecule has 1 aliphatic rings. The highest BCUT2D eigenvalue weighted by molar-refractivity contribution is 5.97. The number of halogens is 2. The molecule has 1 saturated heterocycles. The Morgan fingerprint density at radius 1 is 1.23 bits per heavy atom. The minimum absolute atomic E-state index is 0.151. The second kappa shape index (κ2) is 6.72. The Morgan fingerprint density at radius 2 is 1.86 bits per heavy atom. The Bertz CT molecular complexity index is 558. The van der Waals surface area contributed by atoms with Crippen molar-refractivity contribution in [2.45, 2.75) is 13.8 Å². The van der Waals surface area contributed by atoms with Gasteiger partial charge in [-0.1, -0.05) is 13.8 Å². The standard InChI is InChI=1S/C15H18F2N2O3/c1-10(2)9-22-15(21)18-3-4-19(14(20)8-18)13-6-11(16)5-12(17)7-13/h5-7,10H,3-4,8-9H2,1-2H3. The van der Waals surface area contributed by atoms with Crippen molar-refractivity contribution in [3.05, 3.63) is 29.8 Å². The van der Waals surface area contributed by atoms with Crippen LogP contribution in [0, 0.1) is 17.6 Å². The minimum atomic E-state index is -0.749. The van der Waals surface area contributed by atoms with Crippen LogP contribution in [-0.2, 0) is 9.53 Å². The van der Waals surface area contributed by atoms with Crippen molar-refractivity contribution in [3.63, 3.8) is 0 Å². The van der Waals surface area contributed by atoms with Crippen molar-refractivity contribution in [2.24, 2.45) is 5.92 Å². The highest BCUT2D eigenvalue weighted by Gasteiger charge is 2.29. The number of hydrogen-bond donors (Lipinski definition) is 0. The van der Waals surface area contributed by atoms with Crippen LogP contribution in [0.2, 0.25) is 0 Å². The van der Waals surface area contributed by atoms with Crippen molar-refractivity contribution < 1.29 is 23.1 Å². The first kappa shape index (κ1) is 16.2. The zero-order valence-corrected chi connectivity index (χ0v) is 12.5. The Kier molecular flexibility index (Phi) is 4.95. The molecule has 0 N–H and O–H groups in total. The quantitative estimate of drug-likeness (QED) is 0.861. The van der Waals surface area contributed by atoms with Gasteiger partial charge in [0.05, 0.1) is 6.61 Å². The lowest BCUT2D eigenvalue weighted by molar-refractivity contribution is -0.120. The summed E-state index contributed by atoms with van der Waals surface area (Å²) in [5, 5.41) is 0. The lowest BCUT2D eigenvalue weighted by Crippen LogP contribution is -2.52. The average molecular weight is 312 g/mol. The summed E-state index contributed by atoms with van der Waals surface area (Å²) < 4.78 is 31.5. The number of anilines is 1. The summed E-state index contributed by atoms with van der Waals surface area (Å²) in [6, 6.07) is 2.93. The van der Waals surface area contributed by atoms with E-state index in [0.717, 1.165) is 18.2 Å². The highest BCUT2D eigenvalue weighted by atomic mass is 19.1. The molecule has 0 aliphatic carbocycles. The third kappa shape index (κ3) is 3.93. The van der Waals surface area contributed by atoms with Gasteiger partial charge >= 0.3 is 6.09 Å². The van der Waals surface area contributed by atoms with E-state index >= 15 is 0 Å². The average Bonchev–Trinajstić information content (AvgIpc) is 2.43. The van der Waals surface area contributed by atoms with Crippen molar-refractivity contribution >= 4 is 17.7 Å². The summed E-state index contributed by atoms with van der Waals surface area (Å²) in [6.07, 6.45) is -0.549. The Balaban J connectivity index is 2.01. The molecule has 0 radical (unpaired) electrons. The number of hydrogen-bond acceptors (Lipinski definition) is 3. The smallest absolute Gasteiger partial charge is 0.410 e. The number of rotatable bonds is 3. The molecule has 1 fully saturated rings. The molecule has 1 aromatic rings. The minimum Gasteiger partial charge on any atom is -0.449 e. The molecule has 1 aromatic carbocycles. The Labute approximate surface area is 127 Å². The lowest BCUT2D eigenvalue weighted by Gasteiger charge is -2.33. The van der Waals surface area contributed by atoms with Crippen LogP contribution in [0.25, 0.3) is 0 Å². The lowest BCUT2D eigenvalue weighted by atomic mass is 10.2. The first-order valence-electron chi connectivity index (χ1n) is 7.05. The van der Waals surface area contributed by atoms with E-state index in [1.165, 1.54) is 9.80 Å². The fourth-order valence-corrected chi connectivity index (χ4v) is 2.13. The maximum atomic E-state index is 13.2. The van der Waals surface area contributed by atoms with E-state index in [1.54, 1.807) is 0 Å². The van der Waals surface area contributed by atoms with Crippen LogP contribution in [0.4, 0.5) is 19.3 Å². The first-order valence-corrected chi connectivity index (χ1v) is 7.05. The maximum absolute atomic E-state index is 13.2. The largest absolute Gasteiger partial charge is 0.449 e. The van der Waals surface area contributed by atoms with Crippen molar-refractivity contribution in [1.29, 1.82) is 0 Å². The molecule has 5 nitrogen and oxygen atoms in total. The molecule has 0 spiro atoms. The highest BCUT2D eigenvalue weighted by Crippen LogP contribution is 2.20. The van der Waals surface area contributed by atoms with E-state index in [2.05, 4.69) is 0 Å². The van der Waals surface area contributed by atoms with Gasteiger partial charge in [0, 0.05) is 24.8 Å². The second-order valence-electron chi connectivity index (χ2n) is 5.57. The number of carbonyl (C=O) groups is 2. The number of ether oxygens (including phenoxy) is 1. The van der Waals surface area contributed by atoms with Crippen LogP contribution in [0.15, 0.2) is 18.2 Å². The number of benzene rings is 1. The van der Waals surface area contributed by atoms with E-state index in [-0.39, 0.29) is 37.8 Å². The second-order valence-corrected chi connectivity index (χ2v) is 5.57. The van der Waals surface area contributed by atoms with Crippen molar-refractivity contribution in [3.8, 4) is 0 Å². The van der Waals surface area contributed by atoms with Crippen LogP contribution < -0.4 is 4.90 Å². The zero-order valence-electron chi connectivity index (χ0n) is 12.5. The van der Waals surface area contributed by atoms with E-state index in [1.807, 2.05) is 13.8 Å². The monoisotopic (exact) mass is 312 g/mol. The molecule has 1 aliphatic heterocycles. The van der Waals surface area contributed by atoms with Gasteiger partial charge in [-0.05, 0) is 18.1 Å². The topological polar surface area (TPSA) is 49.9 Å². The van der Waals surface area contributed by atoms with Crippen LogP contribution in [0.3, 0.4) is 0 Å². The van der Waals surface area contributed by atoms with Gasteiger partial charge in [0.25, 0.3) is 0 Å². The molecule has 0 aromatic heterocycles. The van der Waals surface area contributed by atoms with Crippen LogP contribution in [0.1, 0.15) is 13.8 Å². The van der Waals surface area contributed by atoms with Crippen LogP contribution in [-0.4, -0.2) is 43.1 Å². The molecule has 120 valence electrons. The van der Waals surface area contributed by atoms with E-state index in [4.69, 9.17) is 4.74 Å². The Hall–Kier alpha value is -2.18. The molecule has 22 heavy (non-hydrogen) atoms. The van der Waals surface area contributed by atoms with E-state index in [0.29, 0.717) is 0 Å². The van der Waals surface area contributed by atoms with E-state index in [9.17, 15) is 18.4 Å². The summed E-state index contributed by atoms with van der Waals surface area (Å²) in [4.78, 5) is 26.5. The molecular formula is C15H18F2N2O3. The number of amides is 2. The van der Waals surface area contributed by atoms with Gasteiger partial charge in [0.2, 0.25) is 5.91 Å². The first-order chi connectivity index (χ1) is 10.4. The zero-order chi connectivity index (χ0) is 16.3. The molecule has 0 atom stereocenters. The third-order valence-corrected chi connectivity index (χ3v) is 3.18. The molecule has 0 bridgehead atoms. The van der Waals surface area contributed by atoms with E-state index < -0.39 is 23.6 Å². The molecule has 2 amide bonds. The van der Waals surface area contributed by atoms with Gasteiger partial charge in [-0.3, -0.25) is 9.69 Å². The molecule has 0 saturated carbocycles. The SMILES string of the molecule is CC(C)COC(=O)N1CCN(c2cc(F)cc(F)c2)C(=O)C1. The normalized spacial score (nSPS) is 15.4. The van der Waals surface area contributed by atoms with Gasteiger partial charge in [-0.15, -0.1) is 0 Å². The van der Waals surface area contributed by atoms with Crippen LogP contribution in [0.5, 0.6) is 0 Å². The summed E-state index contributed by atoms with van der Waals surface area (Å²) in [5.41, 5.74) is 0.151. The van der Waals surface area contributed by atoms with Gasteiger partial charge in [-0.25, -0.2) is 13.6 Å². The number of nitrogens with zero attached hydrogens (tertiary/aromatic N) is 2. The van der Waals surface area contributed by atoms with Crippen molar-refractivity contribution in [2.75, 3.05) is 31.1 Å². The predicted octanol–water partition coefficient (Wildman–Crippen LogP) is 2.41. The predicted molar refractivity (Wildman–Crippen MR) is 76.5 cm³/mol.